The number of carbonyl (C=O) groups excluding carboxylic acids is 1. The average Bonchev–Trinajstić information content (AvgIpc) is 3.02. The summed E-state index contributed by atoms with van der Waals surface area (Å²) in [6.45, 7) is 2.88. The number of carbonyl (C=O) groups is 1. The van der Waals surface area contributed by atoms with Crippen molar-refractivity contribution in [1.29, 1.82) is 0 Å². The summed E-state index contributed by atoms with van der Waals surface area (Å²) >= 11 is 0. The number of nitrogens with zero attached hydrogens (tertiary/aromatic N) is 2. The normalized spacial score (nSPS) is 13.2. The van der Waals surface area contributed by atoms with Gasteiger partial charge in [0.1, 0.15) is 11.5 Å². The first-order chi connectivity index (χ1) is 12.6. The first-order valence-corrected chi connectivity index (χ1v) is 9.43. The predicted molar refractivity (Wildman–Crippen MR) is 110 cm³/mol. The van der Waals surface area contributed by atoms with Crippen LogP contribution in [-0.2, 0) is 25.9 Å². The molecule has 0 spiro atoms. The van der Waals surface area contributed by atoms with Crippen LogP contribution in [0.5, 0.6) is 0 Å². The van der Waals surface area contributed by atoms with Gasteiger partial charge >= 0.3 is 6.03 Å². The number of rotatable bonds is 7. The molecule has 2 heterocycles. The molecule has 1 aliphatic rings. The third-order valence-corrected chi connectivity index (χ3v) is 4.69. The van der Waals surface area contributed by atoms with Crippen LogP contribution in [-0.4, -0.2) is 43.0 Å². The van der Waals surface area contributed by atoms with Crippen molar-refractivity contribution in [2.24, 2.45) is 0 Å². The lowest BCUT2D eigenvalue weighted by Gasteiger charge is -2.26. The maximum atomic E-state index is 12.4. The van der Waals surface area contributed by atoms with Crippen molar-refractivity contribution in [2.45, 2.75) is 38.8 Å². The minimum Gasteiger partial charge on any atom is -0.464 e. The molecule has 1 aromatic carbocycles. The van der Waals surface area contributed by atoms with Gasteiger partial charge in [0.2, 0.25) is 0 Å². The van der Waals surface area contributed by atoms with E-state index in [1.54, 1.807) is 0 Å². The zero-order valence-electron chi connectivity index (χ0n) is 16.2. The number of hydrogen-bond acceptors (Lipinski definition) is 3. The van der Waals surface area contributed by atoms with Crippen molar-refractivity contribution < 1.29 is 9.21 Å². The number of urea groups is 1. The Morgan fingerprint density at radius 1 is 1.22 bits per heavy atom. The molecule has 0 atom stereocenters. The van der Waals surface area contributed by atoms with Crippen molar-refractivity contribution >= 4 is 18.4 Å². The van der Waals surface area contributed by atoms with E-state index in [9.17, 15) is 4.79 Å². The number of hydrogen-bond donors (Lipinski definition) is 1. The van der Waals surface area contributed by atoms with E-state index < -0.39 is 0 Å². The topological polar surface area (TPSA) is 48.7 Å². The Kier molecular flexibility index (Phi) is 8.20. The van der Waals surface area contributed by atoms with Gasteiger partial charge in [0.15, 0.2) is 0 Å². The van der Waals surface area contributed by atoms with Gasteiger partial charge in [0.25, 0.3) is 0 Å². The molecule has 6 heteroatoms. The van der Waals surface area contributed by atoms with E-state index in [0.29, 0.717) is 6.54 Å². The summed E-state index contributed by atoms with van der Waals surface area (Å²) in [6, 6.07) is 12.6. The molecule has 0 radical (unpaired) electrons. The lowest BCUT2D eigenvalue weighted by atomic mass is 10.1. The van der Waals surface area contributed by atoms with Crippen LogP contribution in [0.1, 0.15) is 35.5 Å². The van der Waals surface area contributed by atoms with Crippen LogP contribution in [0.2, 0.25) is 0 Å². The van der Waals surface area contributed by atoms with Crippen LogP contribution in [0.4, 0.5) is 4.79 Å². The highest BCUT2D eigenvalue weighted by Gasteiger charge is 2.23. The van der Waals surface area contributed by atoms with Gasteiger partial charge < -0.3 is 19.5 Å². The van der Waals surface area contributed by atoms with Gasteiger partial charge in [-0.15, -0.1) is 12.4 Å². The van der Waals surface area contributed by atoms with E-state index in [4.69, 9.17) is 4.42 Å². The lowest BCUT2D eigenvalue weighted by molar-refractivity contribution is 0.189. The van der Waals surface area contributed by atoms with Gasteiger partial charge in [-0.05, 0) is 45.0 Å². The first-order valence-electron chi connectivity index (χ1n) is 9.43. The maximum Gasteiger partial charge on any atom is 0.317 e. The molecule has 1 aromatic heterocycles. The van der Waals surface area contributed by atoms with E-state index in [-0.39, 0.29) is 18.4 Å². The fraction of sp³-hybridized carbons (Fsp3) is 0.476. The number of unbranched alkanes of at least 4 members (excludes halogenated alkanes) is 1. The van der Waals surface area contributed by atoms with Gasteiger partial charge in [0, 0.05) is 25.1 Å². The lowest BCUT2D eigenvalue weighted by Crippen LogP contribution is -2.42. The highest BCUT2D eigenvalue weighted by atomic mass is 35.5. The summed E-state index contributed by atoms with van der Waals surface area (Å²) < 4.78 is 5.90. The van der Waals surface area contributed by atoms with Crippen molar-refractivity contribution in [3.63, 3.8) is 0 Å². The minimum atomic E-state index is 0. The third kappa shape index (κ3) is 6.29. The molecule has 3 rings (SSSR count). The molecule has 5 nitrogen and oxygen atoms in total. The molecule has 2 aromatic rings. The van der Waals surface area contributed by atoms with E-state index in [1.807, 2.05) is 25.1 Å². The van der Waals surface area contributed by atoms with Gasteiger partial charge in [-0.3, -0.25) is 0 Å². The van der Waals surface area contributed by atoms with Crippen LogP contribution in [0.15, 0.2) is 40.8 Å². The molecular weight excluding hydrogens is 362 g/mol. The number of furan rings is 1. The SMILES string of the molecule is CN(C)Cc1cc2c(o1)CCN(C(=O)NCCCCc1ccccc1)C2.Cl. The number of nitrogens with one attached hydrogen (secondary N) is 1. The Labute approximate surface area is 168 Å². The summed E-state index contributed by atoms with van der Waals surface area (Å²) in [5, 5.41) is 3.06. The predicted octanol–water partition coefficient (Wildman–Crippen LogP) is 3.85. The zero-order chi connectivity index (χ0) is 18.4. The highest BCUT2D eigenvalue weighted by Crippen LogP contribution is 2.23. The second-order valence-corrected chi connectivity index (χ2v) is 7.25. The molecule has 0 fully saturated rings. The largest absolute Gasteiger partial charge is 0.464 e. The Morgan fingerprint density at radius 3 is 2.74 bits per heavy atom. The van der Waals surface area contributed by atoms with Gasteiger partial charge in [-0.25, -0.2) is 4.79 Å². The van der Waals surface area contributed by atoms with E-state index in [1.165, 1.54) is 5.56 Å². The van der Waals surface area contributed by atoms with Gasteiger partial charge in [-0.2, -0.15) is 0 Å². The number of halogens is 1. The van der Waals surface area contributed by atoms with Crippen LogP contribution in [0, 0.1) is 0 Å². The molecular formula is C21H30ClN3O2. The highest BCUT2D eigenvalue weighted by molar-refractivity contribution is 5.85. The molecule has 148 valence electrons. The van der Waals surface area contributed by atoms with Crippen molar-refractivity contribution in [3.05, 3.63) is 59.0 Å². The van der Waals surface area contributed by atoms with E-state index >= 15 is 0 Å². The summed E-state index contributed by atoms with van der Waals surface area (Å²) in [6.07, 6.45) is 3.94. The van der Waals surface area contributed by atoms with Gasteiger partial charge in [0.05, 0.1) is 13.1 Å². The quantitative estimate of drug-likeness (QED) is 0.729. The number of fused-ring (bicyclic) bond motifs is 1. The Morgan fingerprint density at radius 2 is 2.00 bits per heavy atom. The minimum absolute atomic E-state index is 0. The van der Waals surface area contributed by atoms with E-state index in [0.717, 1.165) is 62.4 Å². The summed E-state index contributed by atoms with van der Waals surface area (Å²) in [4.78, 5) is 16.4. The number of benzene rings is 1. The molecule has 1 N–H and O–H groups in total. The smallest absolute Gasteiger partial charge is 0.317 e. The molecule has 0 aliphatic carbocycles. The van der Waals surface area contributed by atoms with Crippen LogP contribution in [0.25, 0.3) is 0 Å². The fourth-order valence-corrected chi connectivity index (χ4v) is 3.36. The summed E-state index contributed by atoms with van der Waals surface area (Å²) in [7, 11) is 4.05. The molecule has 27 heavy (non-hydrogen) atoms. The second-order valence-electron chi connectivity index (χ2n) is 7.25. The standard InChI is InChI=1S/C21H29N3O2.ClH/c1-23(2)16-19-14-18-15-24(13-11-20(18)26-19)21(25)22-12-7-6-10-17-8-4-3-5-9-17;/h3-5,8-9,14H,6-7,10-13,15-16H2,1-2H3,(H,22,25);1H. The zero-order valence-corrected chi connectivity index (χ0v) is 17.1. The monoisotopic (exact) mass is 391 g/mol. The van der Waals surface area contributed by atoms with Crippen LogP contribution < -0.4 is 5.32 Å². The third-order valence-electron chi connectivity index (χ3n) is 4.69. The van der Waals surface area contributed by atoms with Crippen LogP contribution >= 0.6 is 12.4 Å². The maximum absolute atomic E-state index is 12.4. The van der Waals surface area contributed by atoms with Crippen molar-refractivity contribution in [2.75, 3.05) is 27.2 Å². The summed E-state index contributed by atoms with van der Waals surface area (Å²) in [5.41, 5.74) is 2.50. The molecule has 0 unspecified atom stereocenters. The van der Waals surface area contributed by atoms with Crippen molar-refractivity contribution in [1.82, 2.24) is 15.1 Å². The van der Waals surface area contributed by atoms with Gasteiger partial charge in [-0.1, -0.05) is 30.3 Å². The van der Waals surface area contributed by atoms with Crippen molar-refractivity contribution in [3.8, 4) is 0 Å². The molecule has 2 amide bonds. The average molecular weight is 392 g/mol. The Hall–Kier alpha value is -1.98. The Bertz CT molecular complexity index is 715. The summed E-state index contributed by atoms with van der Waals surface area (Å²) in [5.74, 6) is 2.01. The molecule has 0 saturated carbocycles. The first kappa shape index (κ1) is 21.3. The second kappa shape index (κ2) is 10.4. The van der Waals surface area contributed by atoms with E-state index in [2.05, 4.69) is 40.5 Å². The Balaban J connectivity index is 0.00000261. The number of aryl methyl sites for hydroxylation is 1. The van der Waals surface area contributed by atoms with Crippen LogP contribution in [0.3, 0.4) is 0 Å². The molecule has 0 saturated heterocycles. The molecule has 0 bridgehead atoms. The fourth-order valence-electron chi connectivity index (χ4n) is 3.36. The number of amides is 2. The molecule has 1 aliphatic heterocycles.